The average molecular weight is 1600 g/mol. The Morgan fingerprint density at radius 3 is 0.732 bits per heavy atom. The van der Waals surface area contributed by atoms with E-state index in [4.69, 9.17) is 37.0 Å². The lowest BCUT2D eigenvalue weighted by Crippen LogP contribution is -2.30. The second-order valence-corrected chi connectivity index (χ2v) is 29.8. The molecule has 5 unspecified atom stereocenters. The second-order valence-electron chi connectivity index (χ2n) is 26.9. The van der Waals surface area contributed by atoms with Gasteiger partial charge in [0.25, 0.3) is 0 Å². The molecule has 0 rings (SSSR count). The van der Waals surface area contributed by atoms with Crippen LogP contribution in [0.5, 0.6) is 0 Å². The summed E-state index contributed by atoms with van der Waals surface area (Å²) in [6.07, 6.45) is 105. The predicted molar refractivity (Wildman–Crippen MR) is 463 cm³/mol. The molecule has 0 bridgehead atoms. The van der Waals surface area contributed by atoms with Crippen LogP contribution < -0.4 is 0 Å². The van der Waals surface area contributed by atoms with Gasteiger partial charge >= 0.3 is 39.5 Å². The normalized spacial score (nSPS) is 14.9. The third-order valence-corrected chi connectivity index (χ3v) is 18.3. The van der Waals surface area contributed by atoms with E-state index in [1.54, 1.807) is 0 Å². The number of allylic oxidation sites excluding steroid dienone is 36. The fourth-order valence-electron chi connectivity index (χ4n) is 10.2. The molecule has 0 saturated heterocycles. The molecular formula is C93H146O17P2. The topological polar surface area (TPSA) is 237 Å². The van der Waals surface area contributed by atoms with E-state index in [1.807, 2.05) is 18.2 Å². The van der Waals surface area contributed by atoms with Crippen molar-refractivity contribution in [1.29, 1.82) is 0 Å². The third-order valence-electron chi connectivity index (χ3n) is 16.4. The van der Waals surface area contributed by atoms with Gasteiger partial charge in [-0.2, -0.15) is 0 Å². The van der Waals surface area contributed by atoms with Crippen molar-refractivity contribution in [2.75, 3.05) is 39.6 Å². The first-order chi connectivity index (χ1) is 54.7. The maximum Gasteiger partial charge on any atom is 0.472 e. The van der Waals surface area contributed by atoms with E-state index in [9.17, 15) is 43.2 Å². The van der Waals surface area contributed by atoms with Gasteiger partial charge in [-0.15, -0.1) is 0 Å². The summed E-state index contributed by atoms with van der Waals surface area (Å²) < 4.78 is 68.7. The number of phosphoric acid groups is 2. The van der Waals surface area contributed by atoms with Crippen LogP contribution in [0.3, 0.4) is 0 Å². The fourth-order valence-corrected chi connectivity index (χ4v) is 11.8. The second kappa shape index (κ2) is 82.4. The molecule has 0 fully saturated rings. The van der Waals surface area contributed by atoms with E-state index in [0.717, 1.165) is 199 Å². The zero-order valence-electron chi connectivity index (χ0n) is 69.0. The molecule has 0 aliphatic heterocycles. The molecule has 0 aromatic heterocycles. The Balaban J connectivity index is 5.54. The number of hydrogen-bond donors (Lipinski definition) is 3. The van der Waals surface area contributed by atoms with Crippen molar-refractivity contribution in [3.63, 3.8) is 0 Å². The summed E-state index contributed by atoms with van der Waals surface area (Å²) in [6, 6.07) is 0. The van der Waals surface area contributed by atoms with Crippen molar-refractivity contribution in [2.24, 2.45) is 0 Å². The van der Waals surface area contributed by atoms with Crippen LogP contribution in [-0.2, 0) is 65.4 Å². The molecule has 112 heavy (non-hydrogen) atoms. The number of aliphatic hydroxyl groups excluding tert-OH is 1. The molecule has 0 aliphatic carbocycles. The van der Waals surface area contributed by atoms with Crippen molar-refractivity contribution in [1.82, 2.24) is 0 Å². The summed E-state index contributed by atoms with van der Waals surface area (Å²) in [4.78, 5) is 73.2. The monoisotopic (exact) mass is 1600 g/mol. The van der Waals surface area contributed by atoms with E-state index >= 15 is 0 Å². The molecule has 0 spiro atoms. The van der Waals surface area contributed by atoms with E-state index in [0.29, 0.717) is 32.1 Å². The standard InChI is InChI=1S/C93H146O17P2/c1-5-9-13-17-21-25-29-33-37-41-43-47-49-53-57-61-65-69-73-77-90(95)103-83-88(109-92(97)79-75-71-67-63-59-55-51-45-39-35-31-27-23-19-15-11-7-3)85-107-111(99,100)105-81-87(94)82-106-112(101,102)108-86-89(110-93(98)80-76-72-68-64-60-56-52-46-40-36-32-28-24-20-16-12-8-4)84-104-91(96)78-74-70-66-62-58-54-50-48-44-42-38-34-30-26-22-18-14-10-6-2/h9-16,21-28,33-40,43-44,47-48,51,53-55,57-58,66,70,87-89,94H,5-8,17-20,29-32,41-42,45-46,49-50,52,56,59-65,67-69,71-86H2,1-4H3,(H,99,100)(H,101,102)/b13-9-,14-10-,15-11-,16-12-,25-21-,26-22-,27-23-,28-24-,37-33-,38-34-,39-35-,40-36-,47-43-,48-44-,55-51-,57-53-,58-54-,70-66-. The number of phosphoric ester groups is 2. The third kappa shape index (κ3) is 81.4. The van der Waals surface area contributed by atoms with Gasteiger partial charge in [-0.1, -0.05) is 298 Å². The first kappa shape index (κ1) is 105. The Morgan fingerprint density at radius 2 is 0.455 bits per heavy atom. The highest BCUT2D eigenvalue weighted by molar-refractivity contribution is 7.47. The Morgan fingerprint density at radius 1 is 0.250 bits per heavy atom. The smallest absolute Gasteiger partial charge is 0.462 e. The minimum atomic E-state index is -5.02. The molecular weight excluding hydrogens is 1450 g/mol. The first-order valence-electron chi connectivity index (χ1n) is 42.0. The summed E-state index contributed by atoms with van der Waals surface area (Å²) in [7, 11) is -10.0. The van der Waals surface area contributed by atoms with E-state index in [2.05, 4.69) is 228 Å². The Kier molecular flexibility index (Phi) is 77.5. The molecule has 3 N–H and O–H groups in total. The number of esters is 4. The zero-order chi connectivity index (χ0) is 81.7. The molecule has 17 nitrogen and oxygen atoms in total. The number of hydrogen-bond acceptors (Lipinski definition) is 15. The van der Waals surface area contributed by atoms with Crippen LogP contribution in [0.15, 0.2) is 219 Å². The molecule has 0 aliphatic rings. The van der Waals surface area contributed by atoms with Crippen LogP contribution in [0.25, 0.3) is 0 Å². The number of unbranched alkanes of at least 4 members (excludes halogenated alkanes) is 14. The molecule has 19 heteroatoms. The highest BCUT2D eigenvalue weighted by Crippen LogP contribution is 2.45. The number of ether oxygens (including phenoxy) is 4. The van der Waals surface area contributed by atoms with Gasteiger partial charge in [0.05, 0.1) is 26.4 Å². The van der Waals surface area contributed by atoms with E-state index in [-0.39, 0.29) is 25.7 Å². The average Bonchev–Trinajstić information content (AvgIpc) is 0.895. The minimum absolute atomic E-state index is 0.0240. The Hall–Kier alpha value is -6.62. The van der Waals surface area contributed by atoms with Gasteiger partial charge in [-0.25, -0.2) is 9.13 Å². The number of aliphatic hydroxyl groups is 1. The van der Waals surface area contributed by atoms with Crippen LogP contribution in [0.1, 0.15) is 285 Å². The van der Waals surface area contributed by atoms with Crippen LogP contribution in [0.4, 0.5) is 0 Å². The quantitative estimate of drug-likeness (QED) is 0.0169. The molecule has 5 atom stereocenters. The fraction of sp³-hybridized carbons (Fsp3) is 0.570. The van der Waals surface area contributed by atoms with E-state index < -0.39 is 97.5 Å². The van der Waals surface area contributed by atoms with E-state index in [1.165, 1.54) is 0 Å². The maximum absolute atomic E-state index is 13.1. The molecule has 0 aromatic rings. The van der Waals surface area contributed by atoms with Gasteiger partial charge in [0.1, 0.15) is 19.3 Å². The Bertz CT molecular complexity index is 2990. The minimum Gasteiger partial charge on any atom is -0.462 e. The van der Waals surface area contributed by atoms with Crippen LogP contribution in [0.2, 0.25) is 0 Å². The molecule has 0 aromatic carbocycles. The van der Waals surface area contributed by atoms with Crippen molar-refractivity contribution < 1.29 is 80.2 Å². The largest absolute Gasteiger partial charge is 0.472 e. The predicted octanol–water partition coefficient (Wildman–Crippen LogP) is 25.2. The highest BCUT2D eigenvalue weighted by atomic mass is 31.2. The summed E-state index contributed by atoms with van der Waals surface area (Å²) in [5, 5.41) is 10.7. The Labute approximate surface area is 677 Å². The lowest BCUT2D eigenvalue weighted by atomic mass is 10.1. The number of carbonyl (C=O) groups excluding carboxylic acids is 4. The van der Waals surface area contributed by atoms with Crippen molar-refractivity contribution >= 4 is 39.5 Å². The first-order valence-corrected chi connectivity index (χ1v) is 45.0. The molecule has 0 radical (unpaired) electrons. The van der Waals surface area contributed by atoms with Gasteiger partial charge in [0.15, 0.2) is 12.2 Å². The maximum atomic E-state index is 13.1. The van der Waals surface area contributed by atoms with Gasteiger partial charge in [-0.05, 0) is 180 Å². The lowest BCUT2D eigenvalue weighted by molar-refractivity contribution is -0.161. The van der Waals surface area contributed by atoms with Crippen molar-refractivity contribution in [3.8, 4) is 0 Å². The number of rotatable bonds is 76. The van der Waals surface area contributed by atoms with Gasteiger partial charge < -0.3 is 33.8 Å². The molecule has 0 amide bonds. The van der Waals surface area contributed by atoms with Crippen molar-refractivity contribution in [3.05, 3.63) is 219 Å². The van der Waals surface area contributed by atoms with Crippen molar-refractivity contribution in [2.45, 2.75) is 303 Å². The van der Waals surface area contributed by atoms with Gasteiger partial charge in [0.2, 0.25) is 0 Å². The van der Waals surface area contributed by atoms with Crippen LogP contribution >= 0.6 is 15.6 Å². The lowest BCUT2D eigenvalue weighted by Gasteiger charge is -2.21. The zero-order valence-corrected chi connectivity index (χ0v) is 70.8. The number of carbonyl (C=O) groups is 4. The summed E-state index contributed by atoms with van der Waals surface area (Å²) in [5.41, 5.74) is 0. The van der Waals surface area contributed by atoms with Gasteiger partial charge in [0, 0.05) is 25.7 Å². The summed E-state index contributed by atoms with van der Waals surface area (Å²) >= 11 is 0. The SMILES string of the molecule is CC/C=C\C/C=C\C/C=C\C/C=C\C/C=C\C/C=C\CCC(=O)OCC(COP(=O)(O)OCC(O)COP(=O)(O)OCC(COC(=O)CCCCC/C=C\C/C=C\C/C=C\C/C=C\C/C=C\CC)OC(=O)CCCCCC/C=C\C/C=C\C/C=C\C/C=C\CC)OC(=O)CCCCCCCCC/C=C\C/C=C\C/C=C\CC. The highest BCUT2D eigenvalue weighted by Gasteiger charge is 2.30. The summed E-state index contributed by atoms with van der Waals surface area (Å²) in [6.45, 7) is 4.24. The van der Waals surface area contributed by atoms with Gasteiger partial charge in [-0.3, -0.25) is 37.3 Å². The molecule has 630 valence electrons. The van der Waals surface area contributed by atoms with Crippen LogP contribution in [-0.4, -0.2) is 96.7 Å². The molecule has 0 heterocycles. The molecule has 0 saturated carbocycles. The van der Waals surface area contributed by atoms with Crippen LogP contribution in [0, 0.1) is 0 Å². The summed E-state index contributed by atoms with van der Waals surface area (Å²) in [5.74, 6) is -2.37.